The molecule has 2 rings (SSSR count). The molecule has 15 heavy (non-hydrogen) atoms. The highest BCUT2D eigenvalue weighted by Gasteiger charge is 2.07. The van der Waals surface area contributed by atoms with Crippen molar-refractivity contribution in [3.8, 4) is 0 Å². The first kappa shape index (κ1) is 10.8. The molecule has 0 spiro atoms. The summed E-state index contributed by atoms with van der Waals surface area (Å²) in [6, 6.07) is 11.8. The van der Waals surface area contributed by atoms with Gasteiger partial charge >= 0.3 is 0 Å². The van der Waals surface area contributed by atoms with Crippen LogP contribution in [0.25, 0.3) is 10.8 Å². The summed E-state index contributed by atoms with van der Waals surface area (Å²) in [7, 11) is 0. The summed E-state index contributed by atoms with van der Waals surface area (Å²) in [5, 5.41) is 2.57. The highest BCUT2D eigenvalue weighted by atomic mass is 79.9. The van der Waals surface area contributed by atoms with Crippen LogP contribution in [0, 0.1) is 0 Å². The standard InChI is InChI=1S/C12H8Br2O/c13-7-12(15)9-5-8-3-1-2-4-10(8)11(14)6-9/h1-6H,7H2. The highest BCUT2D eigenvalue weighted by Crippen LogP contribution is 2.26. The Hall–Kier alpha value is -0.670. The van der Waals surface area contributed by atoms with E-state index in [1.807, 2.05) is 36.4 Å². The van der Waals surface area contributed by atoms with Gasteiger partial charge < -0.3 is 0 Å². The van der Waals surface area contributed by atoms with Crippen molar-refractivity contribution >= 4 is 48.4 Å². The second kappa shape index (κ2) is 4.45. The number of carbonyl (C=O) groups is 1. The lowest BCUT2D eigenvalue weighted by molar-refractivity contribution is 0.102. The molecule has 0 saturated heterocycles. The van der Waals surface area contributed by atoms with Crippen molar-refractivity contribution in [1.82, 2.24) is 0 Å². The molecule has 0 saturated carbocycles. The zero-order chi connectivity index (χ0) is 10.8. The first-order valence-corrected chi connectivity index (χ1v) is 6.41. The number of fused-ring (bicyclic) bond motifs is 1. The van der Waals surface area contributed by atoms with Gasteiger partial charge in [0.25, 0.3) is 0 Å². The van der Waals surface area contributed by atoms with Gasteiger partial charge in [-0.1, -0.05) is 56.1 Å². The van der Waals surface area contributed by atoms with Crippen LogP contribution in [0.15, 0.2) is 40.9 Å². The Kier molecular flexibility index (Phi) is 3.22. The number of hydrogen-bond donors (Lipinski definition) is 0. The van der Waals surface area contributed by atoms with E-state index in [2.05, 4.69) is 31.9 Å². The molecule has 0 aliphatic heterocycles. The number of rotatable bonds is 2. The van der Waals surface area contributed by atoms with E-state index in [0.717, 1.165) is 20.8 Å². The van der Waals surface area contributed by atoms with Gasteiger partial charge in [0.2, 0.25) is 0 Å². The molecule has 1 nitrogen and oxygen atoms in total. The third kappa shape index (κ3) is 2.13. The largest absolute Gasteiger partial charge is 0.293 e. The van der Waals surface area contributed by atoms with Crippen molar-refractivity contribution in [3.63, 3.8) is 0 Å². The fraction of sp³-hybridized carbons (Fsp3) is 0.0833. The van der Waals surface area contributed by atoms with E-state index in [9.17, 15) is 4.79 Å². The number of halogens is 2. The minimum Gasteiger partial charge on any atom is -0.293 e. The average molecular weight is 328 g/mol. The molecule has 2 aromatic rings. The molecule has 0 fully saturated rings. The fourth-order valence-corrected chi connectivity index (χ4v) is 2.43. The van der Waals surface area contributed by atoms with Crippen molar-refractivity contribution in [2.75, 3.05) is 5.33 Å². The van der Waals surface area contributed by atoms with Crippen molar-refractivity contribution in [1.29, 1.82) is 0 Å². The SMILES string of the molecule is O=C(CBr)c1cc(Br)c2ccccc2c1. The minimum absolute atomic E-state index is 0.0986. The van der Waals surface area contributed by atoms with Crippen LogP contribution < -0.4 is 0 Å². The number of hydrogen-bond acceptors (Lipinski definition) is 1. The van der Waals surface area contributed by atoms with E-state index in [1.54, 1.807) is 0 Å². The lowest BCUT2D eigenvalue weighted by Gasteiger charge is -2.03. The van der Waals surface area contributed by atoms with Gasteiger partial charge in [0.1, 0.15) is 0 Å². The molecule has 2 aromatic carbocycles. The van der Waals surface area contributed by atoms with E-state index in [0.29, 0.717) is 5.33 Å². The number of Topliss-reactive ketones (excluding diaryl/α,β-unsaturated/α-hetero) is 1. The van der Waals surface area contributed by atoms with Gasteiger partial charge in [-0.15, -0.1) is 0 Å². The normalized spacial score (nSPS) is 10.5. The Labute approximate surface area is 105 Å². The van der Waals surface area contributed by atoms with Crippen LogP contribution in [0.4, 0.5) is 0 Å². The smallest absolute Gasteiger partial charge is 0.173 e. The second-order valence-corrected chi connectivity index (χ2v) is 4.65. The fourth-order valence-electron chi connectivity index (χ4n) is 1.50. The maximum atomic E-state index is 11.5. The second-order valence-electron chi connectivity index (χ2n) is 3.24. The number of carbonyl (C=O) groups excluding carboxylic acids is 1. The zero-order valence-electron chi connectivity index (χ0n) is 7.84. The van der Waals surface area contributed by atoms with Crippen molar-refractivity contribution in [2.24, 2.45) is 0 Å². The summed E-state index contributed by atoms with van der Waals surface area (Å²) in [6.45, 7) is 0. The van der Waals surface area contributed by atoms with E-state index >= 15 is 0 Å². The third-order valence-corrected chi connectivity index (χ3v) is 3.42. The Morgan fingerprint density at radius 1 is 1.20 bits per heavy atom. The lowest BCUT2D eigenvalue weighted by atomic mass is 10.1. The molecule has 0 amide bonds. The predicted molar refractivity (Wildman–Crippen MR) is 69.8 cm³/mol. The molecule has 0 heterocycles. The molecule has 0 aromatic heterocycles. The summed E-state index contributed by atoms with van der Waals surface area (Å²) in [5.41, 5.74) is 0.734. The van der Waals surface area contributed by atoms with Gasteiger partial charge in [0.15, 0.2) is 5.78 Å². The first-order chi connectivity index (χ1) is 7.22. The quantitative estimate of drug-likeness (QED) is 0.597. The average Bonchev–Trinajstić information content (AvgIpc) is 2.28. The van der Waals surface area contributed by atoms with Crippen LogP contribution in [-0.4, -0.2) is 11.1 Å². The van der Waals surface area contributed by atoms with E-state index < -0.39 is 0 Å². The summed E-state index contributed by atoms with van der Waals surface area (Å²) in [4.78, 5) is 11.5. The molecule has 0 atom stereocenters. The predicted octanol–water partition coefficient (Wildman–Crippen LogP) is 4.18. The Morgan fingerprint density at radius 2 is 1.93 bits per heavy atom. The summed E-state index contributed by atoms with van der Waals surface area (Å²) in [5.74, 6) is 0.0986. The van der Waals surface area contributed by atoms with Crippen LogP contribution in [0.3, 0.4) is 0 Å². The Bertz CT molecular complexity index is 520. The summed E-state index contributed by atoms with van der Waals surface area (Å²) in [6.07, 6.45) is 0. The molecule has 0 aliphatic rings. The molecule has 0 aliphatic carbocycles. The molecular weight excluding hydrogens is 320 g/mol. The number of benzene rings is 2. The number of ketones is 1. The molecule has 0 bridgehead atoms. The molecule has 0 radical (unpaired) electrons. The van der Waals surface area contributed by atoms with Gasteiger partial charge in [0, 0.05) is 10.0 Å². The molecule has 3 heteroatoms. The van der Waals surface area contributed by atoms with Gasteiger partial charge in [-0.25, -0.2) is 0 Å². The van der Waals surface area contributed by atoms with Gasteiger partial charge in [-0.3, -0.25) is 4.79 Å². The summed E-state index contributed by atoms with van der Waals surface area (Å²) >= 11 is 6.65. The number of alkyl halides is 1. The van der Waals surface area contributed by atoms with Crippen LogP contribution in [-0.2, 0) is 0 Å². The van der Waals surface area contributed by atoms with Crippen LogP contribution >= 0.6 is 31.9 Å². The lowest BCUT2D eigenvalue weighted by Crippen LogP contribution is -1.99. The van der Waals surface area contributed by atoms with Crippen LogP contribution in [0.5, 0.6) is 0 Å². The van der Waals surface area contributed by atoms with Crippen molar-refractivity contribution in [2.45, 2.75) is 0 Å². The minimum atomic E-state index is 0.0986. The molecule has 76 valence electrons. The molecule has 0 unspecified atom stereocenters. The van der Waals surface area contributed by atoms with Gasteiger partial charge in [-0.2, -0.15) is 0 Å². The molecule has 0 N–H and O–H groups in total. The van der Waals surface area contributed by atoms with Gasteiger partial charge in [-0.05, 0) is 22.9 Å². The third-order valence-electron chi connectivity index (χ3n) is 2.25. The maximum Gasteiger partial charge on any atom is 0.173 e. The summed E-state index contributed by atoms with van der Waals surface area (Å²) < 4.78 is 0.963. The molecular formula is C12H8Br2O. The van der Waals surface area contributed by atoms with Crippen molar-refractivity contribution < 1.29 is 4.79 Å². The highest BCUT2D eigenvalue weighted by molar-refractivity contribution is 9.10. The van der Waals surface area contributed by atoms with E-state index in [-0.39, 0.29) is 5.78 Å². The topological polar surface area (TPSA) is 17.1 Å². The zero-order valence-corrected chi connectivity index (χ0v) is 11.0. The van der Waals surface area contributed by atoms with E-state index in [1.165, 1.54) is 0 Å². The van der Waals surface area contributed by atoms with Crippen LogP contribution in [0.1, 0.15) is 10.4 Å². The Morgan fingerprint density at radius 3 is 2.67 bits per heavy atom. The first-order valence-electron chi connectivity index (χ1n) is 4.50. The maximum absolute atomic E-state index is 11.5. The van der Waals surface area contributed by atoms with E-state index in [4.69, 9.17) is 0 Å². The van der Waals surface area contributed by atoms with Crippen LogP contribution in [0.2, 0.25) is 0 Å². The Balaban J connectivity index is 2.67. The van der Waals surface area contributed by atoms with Gasteiger partial charge in [0.05, 0.1) is 5.33 Å². The van der Waals surface area contributed by atoms with Crippen molar-refractivity contribution in [3.05, 3.63) is 46.4 Å². The monoisotopic (exact) mass is 326 g/mol.